The molecular weight excluding hydrogens is 414 g/mol. The molecule has 0 atom stereocenters. The fourth-order valence-corrected chi connectivity index (χ4v) is 4.42. The Bertz CT molecular complexity index is 528. The maximum Gasteiger partial charge on any atom is 0.244 e. The first kappa shape index (κ1) is 18.1. The predicted molar refractivity (Wildman–Crippen MR) is 84.4 cm³/mol. The summed E-state index contributed by atoms with van der Waals surface area (Å²) in [6, 6.07) is 5.05. The monoisotopic (exact) mass is 429 g/mol. The minimum Gasteiger partial charge on any atom is -0.383 e. The molecule has 0 radical (unpaired) electrons. The molecule has 0 unspecified atom stereocenters. The van der Waals surface area contributed by atoms with E-state index in [1.165, 1.54) is 18.5 Å². The number of methoxy groups -OCH3 is 2. The van der Waals surface area contributed by atoms with E-state index < -0.39 is 10.0 Å². The Labute approximate surface area is 136 Å². The van der Waals surface area contributed by atoms with Gasteiger partial charge in [0.05, 0.1) is 18.1 Å². The van der Waals surface area contributed by atoms with E-state index in [4.69, 9.17) is 9.47 Å². The van der Waals surface area contributed by atoms with Crippen LogP contribution < -0.4 is 0 Å². The Morgan fingerprint density at radius 2 is 1.65 bits per heavy atom. The lowest BCUT2D eigenvalue weighted by molar-refractivity contribution is 0.150. The van der Waals surface area contributed by atoms with Crippen LogP contribution in [0.4, 0.5) is 0 Å². The average Bonchev–Trinajstić information content (AvgIpc) is 2.41. The van der Waals surface area contributed by atoms with Crippen LogP contribution in [0.25, 0.3) is 0 Å². The summed E-state index contributed by atoms with van der Waals surface area (Å²) in [6.07, 6.45) is 0. The molecule has 1 rings (SSSR count). The van der Waals surface area contributed by atoms with Crippen molar-refractivity contribution in [3.63, 3.8) is 0 Å². The molecule has 0 fully saturated rings. The van der Waals surface area contributed by atoms with Gasteiger partial charge in [0.2, 0.25) is 10.0 Å². The normalized spacial score (nSPS) is 12.1. The SMILES string of the molecule is COCCN(CCOC)S(=O)(=O)c1cc(Br)ccc1Br. The largest absolute Gasteiger partial charge is 0.383 e. The molecule has 0 bridgehead atoms. The Kier molecular flexibility index (Phi) is 7.63. The first-order valence-electron chi connectivity index (χ1n) is 5.86. The molecule has 1 aromatic rings. The highest BCUT2D eigenvalue weighted by atomic mass is 79.9. The van der Waals surface area contributed by atoms with Gasteiger partial charge in [-0.1, -0.05) is 15.9 Å². The summed E-state index contributed by atoms with van der Waals surface area (Å²) in [5.74, 6) is 0. The highest BCUT2D eigenvalue weighted by molar-refractivity contribution is 9.11. The average molecular weight is 431 g/mol. The van der Waals surface area contributed by atoms with Crippen LogP contribution in [0.2, 0.25) is 0 Å². The number of rotatable bonds is 8. The number of sulfonamides is 1. The molecule has 0 saturated heterocycles. The summed E-state index contributed by atoms with van der Waals surface area (Å²) in [5.41, 5.74) is 0. The van der Waals surface area contributed by atoms with Crippen molar-refractivity contribution in [2.75, 3.05) is 40.5 Å². The van der Waals surface area contributed by atoms with Crippen LogP contribution in [-0.4, -0.2) is 53.2 Å². The van der Waals surface area contributed by atoms with Gasteiger partial charge in [-0.2, -0.15) is 4.31 Å². The first-order valence-corrected chi connectivity index (χ1v) is 8.89. The van der Waals surface area contributed by atoms with Gasteiger partial charge in [0.15, 0.2) is 0 Å². The number of hydrogen-bond acceptors (Lipinski definition) is 4. The number of benzene rings is 1. The summed E-state index contributed by atoms with van der Waals surface area (Å²) in [6.45, 7) is 1.21. The minimum atomic E-state index is -3.60. The van der Waals surface area contributed by atoms with Crippen LogP contribution >= 0.6 is 31.9 Å². The van der Waals surface area contributed by atoms with E-state index in [0.29, 0.717) is 22.2 Å². The molecule has 1 aromatic carbocycles. The molecule has 0 aromatic heterocycles. The van der Waals surface area contributed by atoms with Crippen LogP contribution in [0.1, 0.15) is 0 Å². The lowest BCUT2D eigenvalue weighted by Crippen LogP contribution is -2.36. The van der Waals surface area contributed by atoms with Crippen molar-refractivity contribution in [3.8, 4) is 0 Å². The van der Waals surface area contributed by atoms with Crippen molar-refractivity contribution in [2.24, 2.45) is 0 Å². The van der Waals surface area contributed by atoms with Crippen molar-refractivity contribution in [1.82, 2.24) is 4.31 Å². The molecule has 20 heavy (non-hydrogen) atoms. The molecule has 0 amide bonds. The fraction of sp³-hybridized carbons (Fsp3) is 0.500. The van der Waals surface area contributed by atoms with Crippen LogP contribution in [0.5, 0.6) is 0 Å². The molecular formula is C12H17Br2NO4S. The van der Waals surface area contributed by atoms with Crippen LogP contribution in [0, 0.1) is 0 Å². The Hall–Kier alpha value is 0.01000. The quantitative estimate of drug-likeness (QED) is 0.635. The molecule has 0 N–H and O–H groups in total. The summed E-state index contributed by atoms with van der Waals surface area (Å²) < 4.78 is 37.9. The van der Waals surface area contributed by atoms with Crippen LogP contribution in [0.15, 0.2) is 32.0 Å². The van der Waals surface area contributed by atoms with Gasteiger partial charge in [-0.3, -0.25) is 0 Å². The summed E-state index contributed by atoms with van der Waals surface area (Å²) in [5, 5.41) is 0. The lowest BCUT2D eigenvalue weighted by atomic mass is 10.4. The summed E-state index contributed by atoms with van der Waals surface area (Å²) in [7, 11) is -0.527. The number of ether oxygens (including phenoxy) is 2. The molecule has 0 heterocycles. The van der Waals surface area contributed by atoms with Gasteiger partial charge in [-0.15, -0.1) is 0 Å². The molecule has 0 aliphatic rings. The van der Waals surface area contributed by atoms with E-state index in [1.54, 1.807) is 18.2 Å². The van der Waals surface area contributed by atoms with Gasteiger partial charge in [0.25, 0.3) is 0 Å². The third-order valence-corrected chi connectivity index (χ3v) is 5.99. The Morgan fingerprint density at radius 1 is 1.10 bits per heavy atom. The van der Waals surface area contributed by atoms with E-state index in [0.717, 1.165) is 0 Å². The second-order valence-corrected chi connectivity index (χ2v) is 7.64. The maximum absolute atomic E-state index is 12.7. The van der Waals surface area contributed by atoms with Crippen LogP contribution in [-0.2, 0) is 19.5 Å². The third kappa shape index (κ3) is 4.78. The Balaban J connectivity index is 3.10. The summed E-state index contributed by atoms with van der Waals surface area (Å²) in [4.78, 5) is 0.221. The van der Waals surface area contributed by atoms with Crippen LogP contribution in [0.3, 0.4) is 0 Å². The summed E-state index contributed by atoms with van der Waals surface area (Å²) >= 11 is 6.57. The predicted octanol–water partition coefficient (Wildman–Crippen LogP) is 2.50. The topological polar surface area (TPSA) is 55.8 Å². The highest BCUT2D eigenvalue weighted by Gasteiger charge is 2.26. The highest BCUT2D eigenvalue weighted by Crippen LogP contribution is 2.28. The third-order valence-electron chi connectivity index (χ3n) is 2.60. The van der Waals surface area contributed by atoms with Crippen molar-refractivity contribution < 1.29 is 17.9 Å². The maximum atomic E-state index is 12.7. The first-order chi connectivity index (χ1) is 9.43. The zero-order valence-corrected chi connectivity index (χ0v) is 15.3. The van der Waals surface area contributed by atoms with E-state index in [2.05, 4.69) is 31.9 Å². The van der Waals surface area contributed by atoms with Crippen molar-refractivity contribution in [3.05, 3.63) is 27.1 Å². The second-order valence-electron chi connectivity index (χ2n) is 3.96. The number of hydrogen-bond donors (Lipinski definition) is 0. The molecule has 0 aliphatic carbocycles. The molecule has 0 saturated carbocycles. The van der Waals surface area contributed by atoms with Gasteiger partial charge >= 0.3 is 0 Å². The molecule has 5 nitrogen and oxygen atoms in total. The van der Waals surface area contributed by atoms with Gasteiger partial charge in [0, 0.05) is 36.3 Å². The van der Waals surface area contributed by atoms with Gasteiger partial charge in [-0.25, -0.2) is 8.42 Å². The van der Waals surface area contributed by atoms with Crippen molar-refractivity contribution in [2.45, 2.75) is 4.90 Å². The van der Waals surface area contributed by atoms with Gasteiger partial charge in [0.1, 0.15) is 0 Å². The molecule has 0 aliphatic heterocycles. The zero-order valence-electron chi connectivity index (χ0n) is 11.3. The Morgan fingerprint density at radius 3 is 2.15 bits per heavy atom. The van der Waals surface area contributed by atoms with E-state index in [1.807, 2.05) is 0 Å². The zero-order chi connectivity index (χ0) is 15.2. The van der Waals surface area contributed by atoms with Crippen molar-refractivity contribution in [1.29, 1.82) is 0 Å². The van der Waals surface area contributed by atoms with Crippen molar-refractivity contribution >= 4 is 41.9 Å². The van der Waals surface area contributed by atoms with E-state index in [-0.39, 0.29) is 18.0 Å². The fourth-order valence-electron chi connectivity index (χ4n) is 1.55. The minimum absolute atomic E-state index is 0.221. The molecule has 8 heteroatoms. The standard InChI is InChI=1S/C12H17Br2NO4S/c1-18-7-5-15(6-8-19-2)20(16,17)12-9-10(13)3-4-11(12)14/h3-4,9H,5-8H2,1-2H3. The molecule has 0 spiro atoms. The van der Waals surface area contributed by atoms with Gasteiger partial charge < -0.3 is 9.47 Å². The van der Waals surface area contributed by atoms with E-state index in [9.17, 15) is 8.42 Å². The number of nitrogens with zero attached hydrogens (tertiary/aromatic N) is 1. The molecule has 114 valence electrons. The number of halogens is 2. The second kappa shape index (κ2) is 8.45. The smallest absolute Gasteiger partial charge is 0.244 e. The lowest BCUT2D eigenvalue weighted by Gasteiger charge is -2.22. The van der Waals surface area contributed by atoms with E-state index >= 15 is 0 Å². The van der Waals surface area contributed by atoms with Gasteiger partial charge in [-0.05, 0) is 34.1 Å².